The summed E-state index contributed by atoms with van der Waals surface area (Å²) in [5.74, 6) is 0.350. The second kappa shape index (κ2) is 11.7. The molecular formula is C29H31N5O3. The first-order chi connectivity index (χ1) is 17.9. The Kier molecular flexibility index (Phi) is 8.18. The Labute approximate surface area is 217 Å². The molecule has 8 nitrogen and oxygen atoms in total. The summed E-state index contributed by atoms with van der Waals surface area (Å²) < 4.78 is 11.8. The van der Waals surface area contributed by atoms with Gasteiger partial charge in [0.15, 0.2) is 0 Å². The zero-order valence-corrected chi connectivity index (χ0v) is 21.4. The molecular weight excluding hydrogens is 466 g/mol. The predicted molar refractivity (Wildman–Crippen MR) is 147 cm³/mol. The average Bonchev–Trinajstić information content (AvgIpc) is 3.41. The Morgan fingerprint density at radius 1 is 1.32 bits per heavy atom. The molecule has 0 saturated carbocycles. The van der Waals surface area contributed by atoms with Gasteiger partial charge in [0.05, 0.1) is 35.7 Å². The summed E-state index contributed by atoms with van der Waals surface area (Å²) in [7, 11) is 5.59. The Hall–Kier alpha value is -4.19. The van der Waals surface area contributed by atoms with Gasteiger partial charge in [-0.3, -0.25) is 9.78 Å². The molecule has 190 valence electrons. The zero-order valence-electron chi connectivity index (χ0n) is 21.4. The van der Waals surface area contributed by atoms with Crippen molar-refractivity contribution in [1.29, 1.82) is 5.26 Å². The van der Waals surface area contributed by atoms with Gasteiger partial charge in [0.2, 0.25) is 0 Å². The minimum Gasteiger partial charge on any atom is -0.486 e. The van der Waals surface area contributed by atoms with Crippen LogP contribution in [0.5, 0.6) is 5.75 Å². The summed E-state index contributed by atoms with van der Waals surface area (Å²) in [4.78, 5) is 21.1. The van der Waals surface area contributed by atoms with Crippen LogP contribution in [0.4, 0.5) is 17.1 Å². The van der Waals surface area contributed by atoms with Crippen LogP contribution in [0.3, 0.4) is 0 Å². The number of rotatable bonds is 9. The van der Waals surface area contributed by atoms with Gasteiger partial charge >= 0.3 is 0 Å². The number of anilines is 3. The monoisotopic (exact) mass is 497 g/mol. The standard InChI is InChI=1S/C29H31N5O3/c1-5-20-8-6-9-22(14-20)32-29-21(17-30)18-31-25-16-27(37-23-11-13-36-19-23)26(15-24(25)29)34(4)28(35)10-7-12-33(2)3/h5-10,14-16,18,23H,1,11-13,19H2,2-4H3,(H,31,32)/b10-7+. The molecule has 1 unspecified atom stereocenters. The van der Waals surface area contributed by atoms with E-state index >= 15 is 0 Å². The predicted octanol–water partition coefficient (Wildman–Crippen LogP) is 4.74. The smallest absolute Gasteiger partial charge is 0.250 e. The van der Waals surface area contributed by atoms with Crippen LogP contribution in [0, 0.1) is 11.3 Å². The van der Waals surface area contributed by atoms with Crippen LogP contribution in [-0.4, -0.2) is 62.8 Å². The van der Waals surface area contributed by atoms with Crippen LogP contribution in [0.15, 0.2) is 61.3 Å². The molecule has 37 heavy (non-hydrogen) atoms. The van der Waals surface area contributed by atoms with E-state index < -0.39 is 0 Å². The van der Waals surface area contributed by atoms with Gasteiger partial charge in [-0.2, -0.15) is 5.26 Å². The first kappa shape index (κ1) is 25.9. The van der Waals surface area contributed by atoms with E-state index in [1.165, 1.54) is 0 Å². The van der Waals surface area contributed by atoms with E-state index in [-0.39, 0.29) is 12.0 Å². The number of pyridine rings is 1. The van der Waals surface area contributed by atoms with Crippen LogP contribution in [-0.2, 0) is 9.53 Å². The third-order valence-electron chi connectivity index (χ3n) is 6.07. The number of likely N-dealkylation sites (N-methyl/N-ethyl adjacent to an activating group) is 2. The summed E-state index contributed by atoms with van der Waals surface area (Å²) >= 11 is 0. The highest BCUT2D eigenvalue weighted by atomic mass is 16.5. The third kappa shape index (κ3) is 6.15. The lowest BCUT2D eigenvalue weighted by atomic mass is 10.1. The van der Waals surface area contributed by atoms with Gasteiger partial charge in [0, 0.05) is 49.4 Å². The number of hydrogen-bond donors (Lipinski definition) is 1. The number of aromatic nitrogens is 1. The number of fused-ring (bicyclic) bond motifs is 1. The maximum absolute atomic E-state index is 13.1. The van der Waals surface area contributed by atoms with Gasteiger partial charge in [0.1, 0.15) is 17.9 Å². The van der Waals surface area contributed by atoms with E-state index in [4.69, 9.17) is 9.47 Å². The van der Waals surface area contributed by atoms with E-state index in [0.29, 0.717) is 53.3 Å². The second-order valence-electron chi connectivity index (χ2n) is 9.12. The number of carbonyl (C=O) groups is 1. The molecule has 1 N–H and O–H groups in total. The highest BCUT2D eigenvalue weighted by Gasteiger charge is 2.23. The number of hydrogen-bond acceptors (Lipinski definition) is 7. The van der Waals surface area contributed by atoms with Crippen LogP contribution in [0.1, 0.15) is 17.5 Å². The molecule has 8 heteroatoms. The highest BCUT2D eigenvalue weighted by molar-refractivity contribution is 6.06. The third-order valence-corrected chi connectivity index (χ3v) is 6.07. The van der Waals surface area contributed by atoms with Crippen molar-refractivity contribution in [2.75, 3.05) is 51.1 Å². The lowest BCUT2D eigenvalue weighted by molar-refractivity contribution is -0.113. The Balaban J connectivity index is 1.81. The van der Waals surface area contributed by atoms with Crippen molar-refractivity contribution in [3.05, 3.63) is 72.5 Å². The first-order valence-corrected chi connectivity index (χ1v) is 12.1. The Bertz CT molecular complexity index is 1370. The minimum absolute atomic E-state index is 0.110. The van der Waals surface area contributed by atoms with Crippen LogP contribution in [0.2, 0.25) is 0 Å². The van der Waals surface area contributed by atoms with Crippen LogP contribution in [0.25, 0.3) is 17.0 Å². The van der Waals surface area contributed by atoms with Crippen molar-refractivity contribution >= 4 is 39.9 Å². The van der Waals surface area contributed by atoms with Crippen molar-refractivity contribution in [3.63, 3.8) is 0 Å². The SMILES string of the molecule is C=Cc1cccc(Nc2c(C#N)cnc3cc(OC4CCOC4)c(N(C)C(=O)/C=C/CN(C)C)cc23)c1. The van der Waals surface area contributed by atoms with Crippen LogP contribution >= 0.6 is 0 Å². The number of amides is 1. The quantitative estimate of drug-likeness (QED) is 0.427. The van der Waals surface area contributed by atoms with Crippen molar-refractivity contribution in [2.45, 2.75) is 12.5 Å². The number of ether oxygens (including phenoxy) is 2. The lowest BCUT2D eigenvalue weighted by Gasteiger charge is -2.23. The van der Waals surface area contributed by atoms with Crippen molar-refractivity contribution in [1.82, 2.24) is 9.88 Å². The molecule has 1 amide bonds. The first-order valence-electron chi connectivity index (χ1n) is 12.1. The van der Waals surface area contributed by atoms with E-state index in [1.807, 2.05) is 61.5 Å². The highest BCUT2D eigenvalue weighted by Crippen LogP contribution is 2.38. The van der Waals surface area contributed by atoms with Crippen molar-refractivity contribution in [3.8, 4) is 11.8 Å². The summed E-state index contributed by atoms with van der Waals surface area (Å²) in [6.07, 6.45) is 7.34. The fraction of sp³-hybridized carbons (Fsp3) is 0.276. The summed E-state index contributed by atoms with van der Waals surface area (Å²) in [6, 6.07) is 13.6. The molecule has 0 aliphatic carbocycles. The lowest BCUT2D eigenvalue weighted by Crippen LogP contribution is -2.26. The molecule has 1 aliphatic heterocycles. The van der Waals surface area contributed by atoms with E-state index in [2.05, 4.69) is 22.9 Å². The molecule has 1 aromatic heterocycles. The van der Waals surface area contributed by atoms with Gasteiger partial charge in [0.25, 0.3) is 5.91 Å². The van der Waals surface area contributed by atoms with E-state index in [0.717, 1.165) is 17.7 Å². The summed E-state index contributed by atoms with van der Waals surface area (Å²) in [6.45, 7) is 5.61. The Morgan fingerprint density at radius 2 is 2.16 bits per heavy atom. The van der Waals surface area contributed by atoms with Gasteiger partial charge in [-0.1, -0.05) is 30.9 Å². The van der Waals surface area contributed by atoms with Crippen LogP contribution < -0.4 is 15.0 Å². The fourth-order valence-electron chi connectivity index (χ4n) is 4.05. The molecule has 1 aliphatic rings. The summed E-state index contributed by atoms with van der Waals surface area (Å²) in [5.41, 5.74) is 3.98. The van der Waals surface area contributed by atoms with Crippen molar-refractivity contribution in [2.24, 2.45) is 0 Å². The van der Waals surface area contributed by atoms with Gasteiger partial charge in [-0.15, -0.1) is 0 Å². The molecule has 0 radical (unpaired) electrons. The largest absolute Gasteiger partial charge is 0.486 e. The number of benzene rings is 2. The van der Waals surface area contributed by atoms with Crippen molar-refractivity contribution < 1.29 is 14.3 Å². The molecule has 4 rings (SSSR count). The maximum atomic E-state index is 13.1. The zero-order chi connectivity index (χ0) is 26.4. The number of nitrogens with one attached hydrogen (secondary N) is 1. The summed E-state index contributed by atoms with van der Waals surface area (Å²) in [5, 5.41) is 13.9. The van der Waals surface area contributed by atoms with E-state index in [9.17, 15) is 10.1 Å². The number of carbonyl (C=O) groups excluding carboxylic acids is 1. The molecule has 0 spiro atoms. The molecule has 1 saturated heterocycles. The molecule has 2 aromatic carbocycles. The Morgan fingerprint density at radius 3 is 2.86 bits per heavy atom. The van der Waals surface area contributed by atoms with Gasteiger partial charge in [-0.05, 0) is 37.9 Å². The van der Waals surface area contributed by atoms with Gasteiger partial charge in [-0.25, -0.2) is 0 Å². The fourth-order valence-corrected chi connectivity index (χ4v) is 4.05. The second-order valence-corrected chi connectivity index (χ2v) is 9.12. The average molecular weight is 498 g/mol. The topological polar surface area (TPSA) is 90.7 Å². The molecule has 0 bridgehead atoms. The molecule has 2 heterocycles. The normalized spacial score (nSPS) is 15.2. The molecule has 1 fully saturated rings. The number of nitriles is 1. The van der Waals surface area contributed by atoms with E-state index in [1.54, 1.807) is 30.3 Å². The maximum Gasteiger partial charge on any atom is 0.250 e. The molecule has 3 aromatic rings. The minimum atomic E-state index is -0.189. The molecule has 1 atom stereocenters. The van der Waals surface area contributed by atoms with Gasteiger partial charge < -0.3 is 24.6 Å². The number of nitrogens with zero attached hydrogens (tertiary/aromatic N) is 4.